The summed E-state index contributed by atoms with van der Waals surface area (Å²) in [7, 11) is 1.25. The first-order valence-corrected chi connectivity index (χ1v) is 5.26. The summed E-state index contributed by atoms with van der Waals surface area (Å²) in [6.45, 7) is 0. The fourth-order valence-electron chi connectivity index (χ4n) is 1.16. The largest absolute Gasteiger partial charge is 0.496 e. The number of carboxylic acid groups (broad SMARTS) is 1. The second-order valence-corrected chi connectivity index (χ2v) is 3.91. The van der Waals surface area contributed by atoms with E-state index in [2.05, 4.69) is 4.98 Å². The topological polar surface area (TPSA) is 59.4 Å². The van der Waals surface area contributed by atoms with Crippen molar-refractivity contribution in [1.29, 1.82) is 0 Å². The molecule has 0 amide bonds. The van der Waals surface area contributed by atoms with E-state index in [-0.39, 0.29) is 27.1 Å². The normalized spacial score (nSPS) is 10.6. The predicted octanol–water partition coefficient (Wildman–Crippen LogP) is 2.26. The molecular formula is C9H8F2INO3. The highest BCUT2D eigenvalue weighted by molar-refractivity contribution is 14.1. The monoisotopic (exact) mass is 343 g/mol. The smallest absolute Gasteiger partial charge is 0.309 e. The van der Waals surface area contributed by atoms with Gasteiger partial charge in [0, 0.05) is 6.07 Å². The number of aromatic nitrogens is 1. The summed E-state index contributed by atoms with van der Waals surface area (Å²) in [5.41, 5.74) is -0.115. The second-order valence-electron chi connectivity index (χ2n) is 2.89. The molecule has 0 bridgehead atoms. The number of ether oxygens (including phenoxy) is 1. The van der Waals surface area contributed by atoms with E-state index in [1.165, 1.54) is 13.2 Å². The maximum absolute atomic E-state index is 12.6. The molecule has 16 heavy (non-hydrogen) atoms. The molecule has 0 radical (unpaired) electrons. The molecule has 0 aromatic carbocycles. The number of aliphatic carboxylic acids is 1. The molecule has 1 N–H and O–H groups in total. The number of methoxy groups -OCH3 is 1. The van der Waals surface area contributed by atoms with E-state index in [9.17, 15) is 13.6 Å². The lowest BCUT2D eigenvalue weighted by Crippen LogP contribution is -2.06. The summed E-state index contributed by atoms with van der Waals surface area (Å²) >= 11 is 1.63. The van der Waals surface area contributed by atoms with Gasteiger partial charge in [0.15, 0.2) is 0 Å². The van der Waals surface area contributed by atoms with Crippen LogP contribution in [0.5, 0.6) is 5.75 Å². The van der Waals surface area contributed by atoms with Gasteiger partial charge in [-0.1, -0.05) is 0 Å². The van der Waals surface area contributed by atoms with E-state index >= 15 is 0 Å². The highest BCUT2D eigenvalue weighted by Crippen LogP contribution is 2.32. The van der Waals surface area contributed by atoms with E-state index in [0.717, 1.165) is 0 Å². The van der Waals surface area contributed by atoms with Crippen LogP contribution in [0.3, 0.4) is 0 Å². The van der Waals surface area contributed by atoms with E-state index < -0.39 is 12.4 Å². The minimum atomic E-state index is -2.70. The summed E-state index contributed by atoms with van der Waals surface area (Å²) < 4.78 is 30.1. The van der Waals surface area contributed by atoms with Crippen LogP contribution in [0.1, 0.15) is 17.7 Å². The zero-order chi connectivity index (χ0) is 12.3. The Morgan fingerprint density at radius 3 is 2.75 bits per heavy atom. The molecule has 1 heterocycles. The lowest BCUT2D eigenvalue weighted by molar-refractivity contribution is -0.136. The molecule has 0 fully saturated rings. The molecule has 0 unspecified atom stereocenters. The first-order valence-electron chi connectivity index (χ1n) is 4.19. The van der Waals surface area contributed by atoms with Crippen LogP contribution in [0.15, 0.2) is 6.07 Å². The van der Waals surface area contributed by atoms with Crippen LogP contribution in [0.2, 0.25) is 0 Å². The van der Waals surface area contributed by atoms with Crippen molar-refractivity contribution >= 4 is 28.6 Å². The molecule has 7 heteroatoms. The average molecular weight is 343 g/mol. The average Bonchev–Trinajstić information content (AvgIpc) is 2.14. The number of pyridine rings is 1. The van der Waals surface area contributed by atoms with E-state index in [1.807, 2.05) is 0 Å². The van der Waals surface area contributed by atoms with Gasteiger partial charge in [-0.15, -0.1) is 0 Å². The molecule has 1 rings (SSSR count). The van der Waals surface area contributed by atoms with E-state index in [4.69, 9.17) is 9.84 Å². The minimum absolute atomic E-state index is 0.0364. The lowest BCUT2D eigenvalue weighted by atomic mass is 10.2. The molecule has 0 aliphatic heterocycles. The van der Waals surface area contributed by atoms with Gasteiger partial charge in [0.1, 0.15) is 9.45 Å². The summed E-state index contributed by atoms with van der Waals surface area (Å²) in [5.74, 6) is -1.11. The van der Waals surface area contributed by atoms with Crippen LogP contribution in [-0.2, 0) is 11.2 Å². The maximum atomic E-state index is 12.6. The molecule has 0 aliphatic rings. The molecule has 0 saturated carbocycles. The lowest BCUT2D eigenvalue weighted by Gasteiger charge is -2.10. The molecule has 0 atom stereocenters. The number of hydrogen-bond acceptors (Lipinski definition) is 3. The van der Waals surface area contributed by atoms with Crippen molar-refractivity contribution in [2.45, 2.75) is 12.8 Å². The van der Waals surface area contributed by atoms with Gasteiger partial charge in [-0.2, -0.15) is 0 Å². The number of hydrogen-bond donors (Lipinski definition) is 1. The SMILES string of the molecule is COc1cc(CC(=O)O)nc(I)c1C(F)F. The number of rotatable bonds is 4. The Kier molecular flexibility index (Phi) is 4.39. The highest BCUT2D eigenvalue weighted by atomic mass is 127. The number of alkyl halides is 2. The van der Waals surface area contributed by atoms with Crippen LogP contribution in [0.25, 0.3) is 0 Å². The molecule has 0 aliphatic carbocycles. The summed E-state index contributed by atoms with van der Waals surface area (Å²) in [4.78, 5) is 14.3. The van der Waals surface area contributed by atoms with Crippen LogP contribution in [-0.4, -0.2) is 23.2 Å². The fourth-order valence-corrected chi connectivity index (χ4v) is 1.97. The van der Waals surface area contributed by atoms with Crippen molar-refractivity contribution in [3.63, 3.8) is 0 Å². The Morgan fingerprint density at radius 2 is 2.31 bits per heavy atom. The molecule has 1 aromatic rings. The third-order valence-electron chi connectivity index (χ3n) is 1.80. The van der Waals surface area contributed by atoms with Gasteiger partial charge in [-0.25, -0.2) is 13.8 Å². The quantitative estimate of drug-likeness (QED) is 0.673. The van der Waals surface area contributed by atoms with Gasteiger partial charge in [0.05, 0.1) is 24.8 Å². The summed E-state index contributed by atoms with van der Waals surface area (Å²) in [6, 6.07) is 1.22. The van der Waals surface area contributed by atoms with Crippen molar-refractivity contribution in [3.05, 3.63) is 21.0 Å². The Labute approximate surface area is 104 Å². The molecule has 0 spiro atoms. The maximum Gasteiger partial charge on any atom is 0.309 e. The first kappa shape index (κ1) is 13.1. The standard InChI is InChI=1S/C9H8F2INO3/c1-16-5-2-4(3-6(14)15)13-9(12)7(5)8(10)11/h2,8H,3H2,1H3,(H,14,15). The third kappa shape index (κ3) is 3.00. The van der Waals surface area contributed by atoms with Crippen molar-refractivity contribution < 1.29 is 23.4 Å². The zero-order valence-corrected chi connectivity index (χ0v) is 10.4. The number of halogens is 3. The Balaban J connectivity index is 3.20. The van der Waals surface area contributed by atoms with Crippen LogP contribution in [0, 0.1) is 3.70 Å². The zero-order valence-electron chi connectivity index (χ0n) is 8.21. The van der Waals surface area contributed by atoms with E-state index in [0.29, 0.717) is 0 Å². The summed E-state index contributed by atoms with van der Waals surface area (Å²) in [5, 5.41) is 8.57. The number of carboxylic acids is 1. The van der Waals surface area contributed by atoms with Crippen molar-refractivity contribution in [3.8, 4) is 5.75 Å². The van der Waals surface area contributed by atoms with Gasteiger partial charge >= 0.3 is 5.97 Å². The highest BCUT2D eigenvalue weighted by Gasteiger charge is 2.20. The Morgan fingerprint density at radius 1 is 1.69 bits per heavy atom. The van der Waals surface area contributed by atoms with Crippen LogP contribution >= 0.6 is 22.6 Å². The number of carbonyl (C=O) groups is 1. The molecule has 1 aromatic heterocycles. The van der Waals surface area contributed by atoms with Gasteiger partial charge in [-0.3, -0.25) is 4.79 Å². The molecule has 0 saturated heterocycles. The van der Waals surface area contributed by atoms with Crippen molar-refractivity contribution in [1.82, 2.24) is 4.98 Å². The molecule has 88 valence electrons. The predicted molar refractivity (Wildman–Crippen MR) is 59.8 cm³/mol. The third-order valence-corrected chi connectivity index (χ3v) is 2.62. The van der Waals surface area contributed by atoms with E-state index in [1.54, 1.807) is 22.6 Å². The van der Waals surface area contributed by atoms with Crippen LogP contribution < -0.4 is 4.74 Å². The van der Waals surface area contributed by atoms with Gasteiger partial charge < -0.3 is 9.84 Å². The van der Waals surface area contributed by atoms with Crippen molar-refractivity contribution in [2.75, 3.05) is 7.11 Å². The second kappa shape index (κ2) is 5.37. The molecule has 4 nitrogen and oxygen atoms in total. The summed E-state index contributed by atoms with van der Waals surface area (Å²) in [6.07, 6.45) is -3.02. The fraction of sp³-hybridized carbons (Fsp3) is 0.333. The Bertz CT molecular complexity index is 412. The van der Waals surface area contributed by atoms with Gasteiger partial charge in [0.25, 0.3) is 6.43 Å². The molecular weight excluding hydrogens is 335 g/mol. The Hall–Kier alpha value is -0.990. The first-order chi connectivity index (χ1) is 7.45. The van der Waals surface area contributed by atoms with Gasteiger partial charge in [0.2, 0.25) is 0 Å². The van der Waals surface area contributed by atoms with Crippen LogP contribution in [0.4, 0.5) is 8.78 Å². The minimum Gasteiger partial charge on any atom is -0.496 e. The van der Waals surface area contributed by atoms with Gasteiger partial charge in [-0.05, 0) is 22.6 Å². The van der Waals surface area contributed by atoms with Crippen molar-refractivity contribution in [2.24, 2.45) is 0 Å². The number of nitrogens with zero attached hydrogens (tertiary/aromatic N) is 1.